The van der Waals surface area contributed by atoms with Gasteiger partial charge in [0.05, 0.1) is 0 Å². The lowest BCUT2D eigenvalue weighted by atomic mass is 9.78. The van der Waals surface area contributed by atoms with E-state index in [1.807, 2.05) is 0 Å². The van der Waals surface area contributed by atoms with Gasteiger partial charge in [0.1, 0.15) is 5.82 Å². The predicted molar refractivity (Wildman–Crippen MR) is 60.0 cm³/mol. The molecule has 1 fully saturated rings. The Labute approximate surface area is 98.8 Å². The normalized spacial score (nSPS) is 19.3. The molecule has 0 heterocycles. The van der Waals surface area contributed by atoms with E-state index >= 15 is 0 Å². The van der Waals surface area contributed by atoms with Crippen molar-refractivity contribution in [3.8, 4) is 0 Å². The van der Waals surface area contributed by atoms with Crippen LogP contribution in [0.4, 0.5) is 13.2 Å². The number of hydrogen-bond acceptors (Lipinski definition) is 1. The van der Waals surface area contributed by atoms with E-state index in [0.29, 0.717) is 6.07 Å². The van der Waals surface area contributed by atoms with E-state index in [2.05, 4.69) is 0 Å². The largest absolute Gasteiger partial charge is 0.325 e. The number of rotatable bonds is 2. The fraction of sp³-hybridized carbons (Fsp3) is 0.538. The van der Waals surface area contributed by atoms with Crippen molar-refractivity contribution in [1.82, 2.24) is 0 Å². The average molecular weight is 243 g/mol. The van der Waals surface area contributed by atoms with Gasteiger partial charge in [-0.1, -0.05) is 19.3 Å². The molecule has 1 nitrogen and oxygen atoms in total. The van der Waals surface area contributed by atoms with Crippen molar-refractivity contribution in [3.05, 3.63) is 35.1 Å². The molecule has 4 heteroatoms. The maximum absolute atomic E-state index is 13.5. The van der Waals surface area contributed by atoms with Crippen molar-refractivity contribution in [2.24, 2.45) is 5.73 Å². The van der Waals surface area contributed by atoms with E-state index < -0.39 is 23.0 Å². The molecule has 0 aromatic heterocycles. The SMILES string of the molecule is NC1(Cc2cc(F)c(F)cc2F)CCCCC1. The van der Waals surface area contributed by atoms with Crippen LogP contribution in [-0.2, 0) is 6.42 Å². The highest BCUT2D eigenvalue weighted by atomic mass is 19.2. The van der Waals surface area contributed by atoms with Crippen LogP contribution in [0, 0.1) is 17.5 Å². The van der Waals surface area contributed by atoms with Gasteiger partial charge in [0.2, 0.25) is 0 Å². The lowest BCUT2D eigenvalue weighted by molar-refractivity contribution is 0.290. The molecular formula is C13H16F3N. The Hall–Kier alpha value is -1.03. The van der Waals surface area contributed by atoms with E-state index in [1.54, 1.807) is 0 Å². The quantitative estimate of drug-likeness (QED) is 0.792. The molecule has 94 valence electrons. The molecule has 0 spiro atoms. The van der Waals surface area contributed by atoms with Crippen LogP contribution in [-0.4, -0.2) is 5.54 Å². The van der Waals surface area contributed by atoms with Crippen LogP contribution in [0.2, 0.25) is 0 Å². The molecule has 1 aromatic carbocycles. The second kappa shape index (κ2) is 4.69. The van der Waals surface area contributed by atoms with Crippen molar-refractivity contribution < 1.29 is 13.2 Å². The average Bonchev–Trinajstić information content (AvgIpc) is 2.26. The topological polar surface area (TPSA) is 26.0 Å². The van der Waals surface area contributed by atoms with Gasteiger partial charge >= 0.3 is 0 Å². The smallest absolute Gasteiger partial charge is 0.161 e. The van der Waals surface area contributed by atoms with Crippen LogP contribution in [0.1, 0.15) is 37.7 Å². The van der Waals surface area contributed by atoms with Crippen molar-refractivity contribution >= 4 is 0 Å². The third-order valence-electron chi connectivity index (χ3n) is 3.48. The fourth-order valence-electron chi connectivity index (χ4n) is 2.51. The van der Waals surface area contributed by atoms with Gasteiger partial charge in [0.15, 0.2) is 11.6 Å². The predicted octanol–water partition coefficient (Wildman–Crippen LogP) is 3.31. The Kier molecular flexibility index (Phi) is 3.43. The molecule has 2 N–H and O–H groups in total. The lowest BCUT2D eigenvalue weighted by Gasteiger charge is -2.33. The lowest BCUT2D eigenvalue weighted by Crippen LogP contribution is -2.44. The minimum absolute atomic E-state index is 0.174. The third-order valence-corrected chi connectivity index (χ3v) is 3.48. The van der Waals surface area contributed by atoms with Crippen LogP contribution in [0.3, 0.4) is 0 Å². The minimum Gasteiger partial charge on any atom is -0.325 e. The molecule has 1 aliphatic carbocycles. The maximum Gasteiger partial charge on any atom is 0.161 e. The van der Waals surface area contributed by atoms with Crippen LogP contribution in [0.5, 0.6) is 0 Å². The first kappa shape index (κ1) is 12.4. The summed E-state index contributed by atoms with van der Waals surface area (Å²) >= 11 is 0. The Morgan fingerprint density at radius 2 is 1.53 bits per heavy atom. The molecule has 0 bridgehead atoms. The summed E-state index contributed by atoms with van der Waals surface area (Å²) in [6, 6.07) is 1.52. The summed E-state index contributed by atoms with van der Waals surface area (Å²) in [5.74, 6) is -2.87. The molecule has 17 heavy (non-hydrogen) atoms. The molecule has 0 unspecified atom stereocenters. The van der Waals surface area contributed by atoms with E-state index in [-0.39, 0.29) is 12.0 Å². The Morgan fingerprint density at radius 1 is 0.941 bits per heavy atom. The molecule has 1 saturated carbocycles. The highest BCUT2D eigenvalue weighted by Gasteiger charge is 2.29. The number of benzene rings is 1. The van der Waals surface area contributed by atoms with Crippen LogP contribution >= 0.6 is 0 Å². The molecule has 0 radical (unpaired) electrons. The third kappa shape index (κ3) is 2.80. The second-order valence-electron chi connectivity index (χ2n) is 4.96. The number of hydrogen-bond donors (Lipinski definition) is 1. The van der Waals surface area contributed by atoms with Gasteiger partial charge in [-0.15, -0.1) is 0 Å². The molecule has 0 saturated heterocycles. The summed E-state index contributed by atoms with van der Waals surface area (Å²) in [5.41, 5.74) is 5.87. The Bertz CT molecular complexity index is 411. The highest BCUT2D eigenvalue weighted by Crippen LogP contribution is 2.30. The molecule has 0 amide bonds. The van der Waals surface area contributed by atoms with Crippen LogP contribution < -0.4 is 5.73 Å². The van der Waals surface area contributed by atoms with Crippen molar-refractivity contribution in [3.63, 3.8) is 0 Å². The second-order valence-corrected chi connectivity index (χ2v) is 4.96. The maximum atomic E-state index is 13.5. The van der Waals surface area contributed by atoms with Gasteiger partial charge in [0, 0.05) is 11.6 Å². The number of nitrogens with two attached hydrogens (primary N) is 1. The summed E-state index contributed by atoms with van der Waals surface area (Å²) in [6.45, 7) is 0. The van der Waals surface area contributed by atoms with E-state index in [0.717, 1.165) is 38.2 Å². The summed E-state index contributed by atoms with van der Waals surface area (Å²) in [6.07, 6.45) is 5.07. The van der Waals surface area contributed by atoms with Gasteiger partial charge in [-0.25, -0.2) is 13.2 Å². The standard InChI is InChI=1S/C13H16F3N/c14-10-7-12(16)11(15)6-9(10)8-13(17)4-2-1-3-5-13/h6-7H,1-5,8,17H2. The zero-order valence-corrected chi connectivity index (χ0v) is 9.61. The molecule has 0 aliphatic heterocycles. The van der Waals surface area contributed by atoms with Gasteiger partial charge in [-0.3, -0.25) is 0 Å². The van der Waals surface area contributed by atoms with Gasteiger partial charge in [-0.2, -0.15) is 0 Å². The van der Waals surface area contributed by atoms with Gasteiger partial charge in [-0.05, 0) is 30.9 Å². The number of halogens is 3. The summed E-state index contributed by atoms with van der Waals surface area (Å²) in [7, 11) is 0. The molecule has 2 rings (SSSR count). The van der Waals surface area contributed by atoms with Gasteiger partial charge in [0.25, 0.3) is 0 Å². The van der Waals surface area contributed by atoms with Crippen molar-refractivity contribution in [2.45, 2.75) is 44.1 Å². The zero-order valence-electron chi connectivity index (χ0n) is 9.61. The zero-order chi connectivity index (χ0) is 12.5. The van der Waals surface area contributed by atoms with Crippen LogP contribution in [0.25, 0.3) is 0 Å². The first-order valence-electron chi connectivity index (χ1n) is 5.92. The fourth-order valence-corrected chi connectivity index (χ4v) is 2.51. The first-order valence-corrected chi connectivity index (χ1v) is 5.92. The molecular weight excluding hydrogens is 227 g/mol. The molecule has 0 atom stereocenters. The molecule has 1 aromatic rings. The Balaban J connectivity index is 2.20. The van der Waals surface area contributed by atoms with E-state index in [4.69, 9.17) is 5.73 Å². The highest BCUT2D eigenvalue weighted by molar-refractivity contribution is 5.22. The van der Waals surface area contributed by atoms with Crippen LogP contribution in [0.15, 0.2) is 12.1 Å². The minimum atomic E-state index is -1.15. The van der Waals surface area contributed by atoms with Gasteiger partial charge < -0.3 is 5.73 Å². The van der Waals surface area contributed by atoms with E-state index in [1.165, 1.54) is 0 Å². The Morgan fingerprint density at radius 3 is 2.18 bits per heavy atom. The monoisotopic (exact) mass is 243 g/mol. The summed E-state index contributed by atoms with van der Waals surface area (Å²) in [5, 5.41) is 0. The summed E-state index contributed by atoms with van der Waals surface area (Å²) in [4.78, 5) is 0. The van der Waals surface area contributed by atoms with E-state index in [9.17, 15) is 13.2 Å². The summed E-state index contributed by atoms with van der Waals surface area (Å²) < 4.78 is 39.3. The molecule has 1 aliphatic rings. The van der Waals surface area contributed by atoms with Crippen molar-refractivity contribution in [2.75, 3.05) is 0 Å². The first-order chi connectivity index (χ1) is 8.00. The van der Waals surface area contributed by atoms with Crippen molar-refractivity contribution in [1.29, 1.82) is 0 Å².